The summed E-state index contributed by atoms with van der Waals surface area (Å²) in [6.45, 7) is 2.47. The van der Waals surface area contributed by atoms with Gasteiger partial charge in [-0.05, 0) is 44.2 Å². The van der Waals surface area contributed by atoms with E-state index in [0.29, 0.717) is 35.1 Å². The summed E-state index contributed by atoms with van der Waals surface area (Å²) in [4.78, 5) is 31.6. The number of aromatic amines is 1. The van der Waals surface area contributed by atoms with Crippen molar-refractivity contribution in [2.24, 2.45) is 5.41 Å². The summed E-state index contributed by atoms with van der Waals surface area (Å²) in [7, 11) is 1.73. The second kappa shape index (κ2) is 10.7. The number of ether oxygens (including phenoxy) is 1. The number of carbonyl (C=O) groups excluding carboxylic acids is 1. The van der Waals surface area contributed by atoms with Crippen LogP contribution >= 0.6 is 0 Å². The molecule has 1 aliphatic carbocycles. The molecule has 2 aliphatic rings. The number of pyridine rings is 1. The average molecular weight is 470 g/mol. The van der Waals surface area contributed by atoms with Crippen LogP contribution in [0.2, 0.25) is 0 Å². The van der Waals surface area contributed by atoms with E-state index in [9.17, 15) is 14.7 Å². The van der Waals surface area contributed by atoms with E-state index in [0.717, 1.165) is 26.1 Å². The quantitative estimate of drug-likeness (QED) is 0.353. The minimum atomic E-state index is -0.306. The van der Waals surface area contributed by atoms with Crippen molar-refractivity contribution in [3.63, 3.8) is 0 Å². The summed E-state index contributed by atoms with van der Waals surface area (Å²) in [6.07, 6.45) is 8.73. The number of nitrogens with zero attached hydrogens (tertiary/aromatic N) is 3. The van der Waals surface area contributed by atoms with Gasteiger partial charge in [0.1, 0.15) is 22.9 Å². The predicted molar refractivity (Wildman–Crippen MR) is 129 cm³/mol. The van der Waals surface area contributed by atoms with Gasteiger partial charge in [-0.1, -0.05) is 0 Å². The fourth-order valence-electron chi connectivity index (χ4n) is 3.64. The Morgan fingerprint density at radius 3 is 2.68 bits per heavy atom. The second-order valence-electron chi connectivity index (χ2n) is 8.62. The molecule has 5 N–H and O–H groups in total. The van der Waals surface area contributed by atoms with E-state index in [4.69, 9.17) is 4.74 Å². The summed E-state index contributed by atoms with van der Waals surface area (Å²) in [5, 5.41) is 22.5. The van der Waals surface area contributed by atoms with E-state index in [1.54, 1.807) is 31.4 Å². The molecule has 0 bridgehead atoms. The van der Waals surface area contributed by atoms with E-state index >= 15 is 0 Å². The fourth-order valence-corrected chi connectivity index (χ4v) is 3.64. The highest BCUT2D eigenvalue weighted by Crippen LogP contribution is 2.44. The van der Waals surface area contributed by atoms with Gasteiger partial charge in [0, 0.05) is 44.5 Å². The SMILES string of the molecule is C1CCOCC1.CNc1cc(Nc2ccc[nH]c2=O)nc2c(C(=O)NCC3(CO)CC3)cnn12. The van der Waals surface area contributed by atoms with Crippen LogP contribution in [-0.2, 0) is 4.74 Å². The number of carbonyl (C=O) groups is 1. The molecule has 1 amide bonds. The third-order valence-electron chi connectivity index (χ3n) is 6.05. The van der Waals surface area contributed by atoms with Gasteiger partial charge in [0.15, 0.2) is 5.65 Å². The first-order valence-corrected chi connectivity index (χ1v) is 11.5. The molecule has 34 heavy (non-hydrogen) atoms. The number of aliphatic hydroxyl groups is 1. The summed E-state index contributed by atoms with van der Waals surface area (Å²) in [5.74, 6) is 0.698. The minimum Gasteiger partial charge on any atom is -0.396 e. The van der Waals surface area contributed by atoms with E-state index in [1.165, 1.54) is 30.0 Å². The highest BCUT2D eigenvalue weighted by molar-refractivity contribution is 6.00. The van der Waals surface area contributed by atoms with Crippen molar-refractivity contribution in [2.45, 2.75) is 32.1 Å². The average Bonchev–Trinajstić information content (AvgIpc) is 3.54. The topological polar surface area (TPSA) is 146 Å². The number of hydrogen-bond donors (Lipinski definition) is 5. The van der Waals surface area contributed by atoms with Gasteiger partial charge < -0.3 is 30.8 Å². The Hall–Kier alpha value is -3.44. The minimum absolute atomic E-state index is 0.0594. The molecule has 1 aliphatic heterocycles. The number of rotatable bonds is 7. The maximum absolute atomic E-state index is 12.7. The van der Waals surface area contributed by atoms with Gasteiger partial charge in [0.05, 0.1) is 12.8 Å². The first kappa shape index (κ1) is 23.7. The molecule has 5 rings (SSSR count). The highest BCUT2D eigenvalue weighted by Gasteiger charge is 2.42. The van der Waals surface area contributed by atoms with Crippen LogP contribution in [-0.4, -0.2) is 64.0 Å². The predicted octanol–water partition coefficient (Wildman–Crippen LogP) is 1.89. The Labute approximate surface area is 196 Å². The zero-order valence-corrected chi connectivity index (χ0v) is 19.3. The molecule has 11 heteroatoms. The lowest BCUT2D eigenvalue weighted by molar-refractivity contribution is 0.0936. The number of amides is 1. The lowest BCUT2D eigenvalue weighted by Gasteiger charge is -2.12. The number of aliphatic hydroxyl groups excluding tert-OH is 1. The van der Waals surface area contributed by atoms with Gasteiger partial charge in [0.25, 0.3) is 11.5 Å². The smallest absolute Gasteiger partial charge is 0.271 e. The number of aromatic nitrogens is 4. The Kier molecular flexibility index (Phi) is 7.43. The zero-order valence-electron chi connectivity index (χ0n) is 19.3. The maximum Gasteiger partial charge on any atom is 0.271 e. The summed E-state index contributed by atoms with van der Waals surface area (Å²) in [5.41, 5.74) is 0.540. The molecule has 4 heterocycles. The number of hydrogen-bond acceptors (Lipinski definition) is 8. The Balaban J connectivity index is 0.000000398. The van der Waals surface area contributed by atoms with Crippen molar-refractivity contribution >= 4 is 28.9 Å². The van der Waals surface area contributed by atoms with Crippen LogP contribution in [0.15, 0.2) is 35.4 Å². The van der Waals surface area contributed by atoms with Crippen LogP contribution in [0.4, 0.5) is 17.3 Å². The number of anilines is 3. The first-order chi connectivity index (χ1) is 16.5. The van der Waals surface area contributed by atoms with Gasteiger partial charge in [-0.2, -0.15) is 9.61 Å². The molecule has 1 saturated carbocycles. The zero-order chi connectivity index (χ0) is 24.0. The Bertz CT molecular complexity index is 1170. The molecule has 1 saturated heterocycles. The highest BCUT2D eigenvalue weighted by atomic mass is 16.5. The molecule has 3 aromatic rings. The molecule has 11 nitrogen and oxygen atoms in total. The van der Waals surface area contributed by atoms with Crippen LogP contribution in [0.1, 0.15) is 42.5 Å². The molecule has 0 spiro atoms. The molecule has 182 valence electrons. The molecule has 3 aromatic heterocycles. The molecular formula is C23H31N7O4. The van der Waals surface area contributed by atoms with Crippen molar-refractivity contribution in [1.29, 1.82) is 0 Å². The molecule has 0 unspecified atom stereocenters. The summed E-state index contributed by atoms with van der Waals surface area (Å²) >= 11 is 0. The molecular weight excluding hydrogens is 438 g/mol. The number of H-pyrrole nitrogens is 1. The second-order valence-corrected chi connectivity index (χ2v) is 8.62. The monoisotopic (exact) mass is 469 g/mol. The third kappa shape index (κ3) is 5.54. The van der Waals surface area contributed by atoms with Crippen LogP contribution < -0.4 is 21.5 Å². The number of nitrogens with one attached hydrogen (secondary N) is 4. The van der Waals surface area contributed by atoms with Crippen molar-refractivity contribution in [1.82, 2.24) is 24.9 Å². The van der Waals surface area contributed by atoms with Gasteiger partial charge in [-0.15, -0.1) is 0 Å². The van der Waals surface area contributed by atoms with Gasteiger partial charge in [-0.25, -0.2) is 4.98 Å². The molecule has 2 fully saturated rings. The standard InChI is InChI=1S/C18H21N7O3.C5H10O/c1-19-14-7-13(23-12-3-2-6-20-17(12)28)24-15-11(8-22-25(14)15)16(27)21-9-18(10-26)4-5-18;1-2-4-6-5-3-1/h2-3,6-8,19,26H,4-5,9-10H2,1H3,(H,20,28)(H,21,27)(H,23,24);1-5H2. The van der Waals surface area contributed by atoms with Crippen LogP contribution in [0.25, 0.3) is 5.65 Å². The number of fused-ring (bicyclic) bond motifs is 1. The summed E-state index contributed by atoms with van der Waals surface area (Å²) < 4.78 is 6.59. The van der Waals surface area contributed by atoms with Crippen LogP contribution in [0.3, 0.4) is 0 Å². The Morgan fingerprint density at radius 2 is 2.09 bits per heavy atom. The van der Waals surface area contributed by atoms with E-state index in [-0.39, 0.29) is 23.5 Å². The van der Waals surface area contributed by atoms with Crippen LogP contribution in [0.5, 0.6) is 0 Å². The van der Waals surface area contributed by atoms with Gasteiger partial charge in [-0.3, -0.25) is 9.59 Å². The maximum atomic E-state index is 12.7. The van der Waals surface area contributed by atoms with E-state index in [1.807, 2.05) is 0 Å². The fraction of sp³-hybridized carbons (Fsp3) is 0.478. The lowest BCUT2D eigenvalue weighted by Crippen LogP contribution is -2.31. The van der Waals surface area contributed by atoms with Crippen molar-refractivity contribution in [2.75, 3.05) is 44.0 Å². The van der Waals surface area contributed by atoms with Crippen molar-refractivity contribution < 1.29 is 14.6 Å². The normalized spacial score (nSPS) is 16.3. The van der Waals surface area contributed by atoms with Gasteiger partial charge in [0.2, 0.25) is 0 Å². The lowest BCUT2D eigenvalue weighted by atomic mass is 10.1. The third-order valence-corrected chi connectivity index (χ3v) is 6.05. The summed E-state index contributed by atoms with van der Waals surface area (Å²) in [6, 6.07) is 5.03. The van der Waals surface area contributed by atoms with Crippen molar-refractivity contribution in [3.05, 3.63) is 46.5 Å². The van der Waals surface area contributed by atoms with Crippen LogP contribution in [0, 0.1) is 5.41 Å². The van der Waals surface area contributed by atoms with Crippen molar-refractivity contribution in [3.8, 4) is 0 Å². The largest absolute Gasteiger partial charge is 0.396 e. The molecule has 0 radical (unpaired) electrons. The first-order valence-electron chi connectivity index (χ1n) is 11.5. The Morgan fingerprint density at radius 1 is 1.29 bits per heavy atom. The van der Waals surface area contributed by atoms with E-state index < -0.39 is 0 Å². The van der Waals surface area contributed by atoms with Gasteiger partial charge >= 0.3 is 0 Å². The molecule has 0 aromatic carbocycles. The molecule has 0 atom stereocenters. The van der Waals surface area contributed by atoms with E-state index in [2.05, 4.69) is 31.0 Å².